The number of nitrogens with one attached hydrogen (secondary N) is 1. The maximum absolute atomic E-state index is 12.6. The summed E-state index contributed by atoms with van der Waals surface area (Å²) in [5, 5.41) is 16.6. The lowest BCUT2D eigenvalue weighted by Gasteiger charge is -2.40. The number of fused-ring (bicyclic) bond motifs is 3. The molecule has 0 saturated heterocycles. The van der Waals surface area contributed by atoms with Crippen LogP contribution in [0.15, 0.2) is 72.8 Å². The van der Waals surface area contributed by atoms with E-state index in [9.17, 15) is 9.90 Å². The number of hydrogen-bond acceptors (Lipinski definition) is 6. The highest BCUT2D eigenvalue weighted by molar-refractivity contribution is 6.30. The van der Waals surface area contributed by atoms with Gasteiger partial charge in [0.15, 0.2) is 11.2 Å². The molecule has 4 atom stereocenters. The zero-order valence-corrected chi connectivity index (χ0v) is 20.5. The standard InChI is InChI=1S/C29H28ClNO5/c30-21-8-6-20(7-9-21)29-25(19-4-2-1-3-5-19)17-27(35-18-32)28(29,33)24-13-12-23(16-26(24)36-29)34-15-14-31-22-10-11-22/h1-9,12-13,16,18,22,25,27,31,33H,10-11,14-15,17H2/t25-,27+,28-,29-/m1/s1. The zero-order chi connectivity index (χ0) is 24.8. The van der Waals surface area contributed by atoms with E-state index >= 15 is 0 Å². The lowest BCUT2D eigenvalue weighted by molar-refractivity contribution is -0.171. The van der Waals surface area contributed by atoms with Crippen molar-refractivity contribution in [2.45, 2.75) is 48.5 Å². The lowest BCUT2D eigenvalue weighted by atomic mass is 9.71. The van der Waals surface area contributed by atoms with Gasteiger partial charge in [-0.05, 0) is 54.7 Å². The minimum atomic E-state index is -1.62. The summed E-state index contributed by atoms with van der Waals surface area (Å²) in [7, 11) is 0. The van der Waals surface area contributed by atoms with E-state index in [0.29, 0.717) is 47.6 Å². The Hall–Kier alpha value is -3.06. The first-order chi connectivity index (χ1) is 17.6. The fourth-order valence-electron chi connectivity index (χ4n) is 5.92. The van der Waals surface area contributed by atoms with Crippen molar-refractivity contribution in [2.24, 2.45) is 0 Å². The number of ether oxygens (including phenoxy) is 3. The Labute approximate surface area is 215 Å². The molecule has 2 N–H and O–H groups in total. The highest BCUT2D eigenvalue weighted by atomic mass is 35.5. The molecule has 186 valence electrons. The fourth-order valence-corrected chi connectivity index (χ4v) is 6.04. The number of carbonyl (C=O) groups excluding carboxylic acids is 1. The van der Waals surface area contributed by atoms with E-state index in [2.05, 4.69) is 5.32 Å². The summed E-state index contributed by atoms with van der Waals surface area (Å²) in [4.78, 5) is 11.6. The van der Waals surface area contributed by atoms with Gasteiger partial charge < -0.3 is 24.6 Å². The molecule has 0 amide bonds. The number of halogens is 1. The van der Waals surface area contributed by atoms with E-state index in [0.717, 1.165) is 17.7 Å². The van der Waals surface area contributed by atoms with Crippen LogP contribution in [0.5, 0.6) is 11.5 Å². The predicted molar refractivity (Wildman–Crippen MR) is 135 cm³/mol. The third-order valence-corrected chi connectivity index (χ3v) is 7.94. The second kappa shape index (κ2) is 9.11. The first kappa shape index (κ1) is 23.3. The van der Waals surface area contributed by atoms with Crippen molar-refractivity contribution < 1.29 is 24.1 Å². The van der Waals surface area contributed by atoms with Crippen molar-refractivity contribution in [3.8, 4) is 11.5 Å². The maximum atomic E-state index is 12.6. The Balaban J connectivity index is 1.44. The van der Waals surface area contributed by atoms with Gasteiger partial charge in [-0.15, -0.1) is 0 Å². The third-order valence-electron chi connectivity index (χ3n) is 7.68. The van der Waals surface area contributed by atoms with E-state index in [1.54, 1.807) is 12.1 Å². The highest BCUT2D eigenvalue weighted by Crippen LogP contribution is 2.67. The van der Waals surface area contributed by atoms with Gasteiger partial charge in [-0.2, -0.15) is 0 Å². The van der Waals surface area contributed by atoms with Crippen LogP contribution < -0.4 is 14.8 Å². The van der Waals surface area contributed by atoms with Crippen molar-refractivity contribution in [3.05, 3.63) is 94.5 Å². The molecular formula is C29H28ClNO5. The molecule has 0 unspecified atom stereocenters. The topological polar surface area (TPSA) is 77.0 Å². The van der Waals surface area contributed by atoms with Crippen molar-refractivity contribution >= 4 is 18.1 Å². The molecule has 0 radical (unpaired) electrons. The number of carbonyl (C=O) groups is 1. The van der Waals surface area contributed by atoms with Gasteiger partial charge in [0.2, 0.25) is 0 Å². The molecule has 7 heteroatoms. The molecule has 36 heavy (non-hydrogen) atoms. The summed E-state index contributed by atoms with van der Waals surface area (Å²) in [6.07, 6.45) is 2.04. The summed E-state index contributed by atoms with van der Waals surface area (Å²) < 4.78 is 18.3. The van der Waals surface area contributed by atoms with Crippen LogP contribution in [0.2, 0.25) is 5.02 Å². The van der Waals surface area contributed by atoms with E-state index < -0.39 is 17.3 Å². The molecule has 2 aliphatic carbocycles. The smallest absolute Gasteiger partial charge is 0.293 e. The van der Waals surface area contributed by atoms with Crippen molar-refractivity contribution in [2.75, 3.05) is 13.2 Å². The molecule has 3 aromatic carbocycles. The second-order valence-electron chi connectivity index (χ2n) is 9.77. The Bertz CT molecular complexity index is 1250. The second-order valence-corrected chi connectivity index (χ2v) is 10.2. The number of hydrogen-bond donors (Lipinski definition) is 2. The van der Waals surface area contributed by atoms with Crippen LogP contribution in [0.25, 0.3) is 0 Å². The van der Waals surface area contributed by atoms with Gasteiger partial charge in [-0.1, -0.05) is 54.1 Å². The maximum Gasteiger partial charge on any atom is 0.293 e. The van der Waals surface area contributed by atoms with E-state index in [1.165, 1.54) is 12.8 Å². The minimum absolute atomic E-state index is 0.297. The SMILES string of the molecule is O=CO[C@H]1C[C@H](c2ccccc2)[C@@]2(c3ccc(Cl)cc3)Oc3cc(OCCNC4CC4)ccc3[C@@]12O. The molecule has 0 aromatic heterocycles. The number of benzene rings is 3. The molecular weight excluding hydrogens is 478 g/mol. The van der Waals surface area contributed by atoms with Crippen molar-refractivity contribution in [1.82, 2.24) is 5.32 Å². The molecule has 1 aliphatic heterocycles. The molecule has 2 saturated carbocycles. The highest BCUT2D eigenvalue weighted by Gasteiger charge is 2.73. The average molecular weight is 506 g/mol. The summed E-state index contributed by atoms with van der Waals surface area (Å²) >= 11 is 6.22. The van der Waals surface area contributed by atoms with Crippen LogP contribution in [0.3, 0.4) is 0 Å². The Morgan fingerprint density at radius 2 is 1.86 bits per heavy atom. The van der Waals surface area contributed by atoms with Crippen LogP contribution in [0.4, 0.5) is 0 Å². The quantitative estimate of drug-likeness (QED) is 0.325. The lowest BCUT2D eigenvalue weighted by Crippen LogP contribution is -2.52. The third kappa shape index (κ3) is 3.67. The number of rotatable bonds is 9. The van der Waals surface area contributed by atoms with Gasteiger partial charge in [-0.25, -0.2) is 0 Å². The van der Waals surface area contributed by atoms with Gasteiger partial charge in [-0.3, -0.25) is 4.79 Å². The molecule has 1 heterocycles. The van der Waals surface area contributed by atoms with E-state index in [4.69, 9.17) is 25.8 Å². The summed E-state index contributed by atoms with van der Waals surface area (Å²) in [5.41, 5.74) is -0.540. The first-order valence-corrected chi connectivity index (χ1v) is 12.8. The van der Waals surface area contributed by atoms with Crippen LogP contribution in [0, 0.1) is 0 Å². The fraction of sp³-hybridized carbons (Fsp3) is 0.345. The van der Waals surface area contributed by atoms with Crippen molar-refractivity contribution in [1.29, 1.82) is 0 Å². The molecule has 3 aromatic rings. The van der Waals surface area contributed by atoms with Gasteiger partial charge in [0.05, 0.1) is 0 Å². The molecule has 6 nitrogen and oxygen atoms in total. The Morgan fingerprint density at radius 1 is 1.08 bits per heavy atom. The monoisotopic (exact) mass is 505 g/mol. The summed E-state index contributed by atoms with van der Waals surface area (Å²) in [5.74, 6) is 0.875. The average Bonchev–Trinajstić information content (AvgIpc) is 3.64. The van der Waals surface area contributed by atoms with Gasteiger partial charge in [0, 0.05) is 35.2 Å². The Morgan fingerprint density at radius 3 is 2.58 bits per heavy atom. The van der Waals surface area contributed by atoms with Crippen LogP contribution in [-0.4, -0.2) is 36.9 Å². The Kier molecular flexibility index (Phi) is 5.91. The first-order valence-electron chi connectivity index (χ1n) is 12.4. The van der Waals surface area contributed by atoms with Gasteiger partial charge >= 0.3 is 0 Å². The van der Waals surface area contributed by atoms with Crippen LogP contribution in [-0.2, 0) is 20.7 Å². The summed E-state index contributed by atoms with van der Waals surface area (Å²) in [6, 6.07) is 23.3. The molecule has 0 bridgehead atoms. The summed E-state index contributed by atoms with van der Waals surface area (Å²) in [6.45, 7) is 1.71. The molecule has 3 aliphatic rings. The molecule has 2 fully saturated rings. The van der Waals surface area contributed by atoms with Crippen LogP contribution in [0.1, 0.15) is 41.9 Å². The van der Waals surface area contributed by atoms with E-state index in [-0.39, 0.29) is 5.92 Å². The number of aliphatic hydroxyl groups is 1. The zero-order valence-electron chi connectivity index (χ0n) is 19.7. The van der Waals surface area contributed by atoms with Gasteiger partial charge in [0.25, 0.3) is 6.47 Å². The normalized spacial score (nSPS) is 28.2. The van der Waals surface area contributed by atoms with Gasteiger partial charge in [0.1, 0.15) is 24.2 Å². The predicted octanol–water partition coefficient (Wildman–Crippen LogP) is 4.68. The minimum Gasteiger partial charge on any atom is -0.492 e. The van der Waals surface area contributed by atoms with Crippen molar-refractivity contribution in [3.63, 3.8) is 0 Å². The largest absolute Gasteiger partial charge is 0.492 e. The molecule has 6 rings (SSSR count). The van der Waals surface area contributed by atoms with E-state index in [1.807, 2.05) is 60.7 Å². The molecule has 0 spiro atoms. The van der Waals surface area contributed by atoms with Crippen LogP contribution >= 0.6 is 11.6 Å².